The number of hydrogen-bond acceptors (Lipinski definition) is 1. The fourth-order valence-electron chi connectivity index (χ4n) is 1.54. The summed E-state index contributed by atoms with van der Waals surface area (Å²) in [6.45, 7) is 5.68. The third-order valence-corrected chi connectivity index (χ3v) is 2.74. The van der Waals surface area contributed by atoms with Crippen LogP contribution in [0.1, 0.15) is 33.6 Å². The van der Waals surface area contributed by atoms with Crippen molar-refractivity contribution in [2.45, 2.75) is 33.6 Å². The van der Waals surface area contributed by atoms with Gasteiger partial charge in [0.1, 0.15) is 4.49 Å². The van der Waals surface area contributed by atoms with Crippen molar-refractivity contribution < 1.29 is 9.90 Å². The van der Waals surface area contributed by atoms with Gasteiger partial charge in [0, 0.05) is 0 Å². The van der Waals surface area contributed by atoms with Gasteiger partial charge in [0.2, 0.25) is 0 Å². The fourth-order valence-corrected chi connectivity index (χ4v) is 1.70. The van der Waals surface area contributed by atoms with Gasteiger partial charge in [-0.1, -0.05) is 50.0 Å². The molecule has 0 spiro atoms. The highest BCUT2D eigenvalue weighted by Gasteiger charge is 2.32. The molecule has 0 aliphatic carbocycles. The van der Waals surface area contributed by atoms with Crippen LogP contribution in [-0.4, -0.2) is 11.1 Å². The molecule has 0 bridgehead atoms. The summed E-state index contributed by atoms with van der Waals surface area (Å²) in [5.74, 6) is -1.14. The molecule has 4 heteroatoms. The summed E-state index contributed by atoms with van der Waals surface area (Å²) in [6.07, 6.45) is 2.82. The summed E-state index contributed by atoms with van der Waals surface area (Å²) in [5.41, 5.74) is -0.324. The zero-order valence-corrected chi connectivity index (χ0v) is 10.2. The topological polar surface area (TPSA) is 37.3 Å². The smallest absolute Gasteiger partial charge is 0.307 e. The van der Waals surface area contributed by atoms with Gasteiger partial charge in [0.15, 0.2) is 0 Å². The molecule has 0 aliphatic rings. The van der Waals surface area contributed by atoms with E-state index in [0.717, 1.165) is 0 Å². The number of carboxylic acid groups (broad SMARTS) is 1. The highest BCUT2D eigenvalue weighted by molar-refractivity contribution is 6.55. The van der Waals surface area contributed by atoms with Crippen LogP contribution in [0.3, 0.4) is 0 Å². The number of aliphatic carboxylic acids is 1. The van der Waals surface area contributed by atoms with E-state index in [-0.39, 0.29) is 15.8 Å². The summed E-state index contributed by atoms with van der Waals surface area (Å²) >= 11 is 11.0. The molecule has 0 aromatic carbocycles. The minimum atomic E-state index is -0.767. The zero-order valence-electron chi connectivity index (χ0n) is 8.68. The highest BCUT2D eigenvalue weighted by Crippen LogP contribution is 2.34. The molecule has 1 unspecified atom stereocenters. The van der Waals surface area contributed by atoms with E-state index in [9.17, 15) is 4.79 Å². The molecule has 0 aromatic heterocycles. The summed E-state index contributed by atoms with van der Waals surface area (Å²) in [5, 5.41) is 8.99. The summed E-state index contributed by atoms with van der Waals surface area (Å²) in [6, 6.07) is 0. The number of carbonyl (C=O) groups is 1. The third kappa shape index (κ3) is 4.34. The van der Waals surface area contributed by atoms with Gasteiger partial charge in [-0.3, -0.25) is 4.79 Å². The maximum Gasteiger partial charge on any atom is 0.307 e. The lowest BCUT2D eigenvalue weighted by Gasteiger charge is -2.29. The Bertz CT molecular complexity index is 230. The van der Waals surface area contributed by atoms with Gasteiger partial charge in [0.25, 0.3) is 0 Å². The second-order valence-corrected chi connectivity index (χ2v) is 4.99. The zero-order chi connectivity index (χ0) is 11.4. The van der Waals surface area contributed by atoms with Crippen LogP contribution < -0.4 is 0 Å². The molecule has 0 aromatic rings. The summed E-state index contributed by atoms with van der Waals surface area (Å²) in [7, 11) is 0. The quantitative estimate of drug-likeness (QED) is 0.791. The largest absolute Gasteiger partial charge is 0.481 e. The van der Waals surface area contributed by atoms with Crippen LogP contribution in [0.4, 0.5) is 0 Å². The molecular weight excluding hydrogens is 223 g/mol. The van der Waals surface area contributed by atoms with E-state index in [1.54, 1.807) is 6.08 Å². The molecule has 82 valence electrons. The maximum absolute atomic E-state index is 10.9. The van der Waals surface area contributed by atoms with Crippen molar-refractivity contribution in [3.05, 3.63) is 10.6 Å². The second kappa shape index (κ2) is 5.62. The Balaban J connectivity index is 4.57. The van der Waals surface area contributed by atoms with Crippen LogP contribution in [0.15, 0.2) is 10.6 Å². The predicted molar refractivity (Wildman–Crippen MR) is 59.6 cm³/mol. The number of rotatable bonds is 5. The molecule has 0 rings (SSSR count). The Morgan fingerprint density at radius 1 is 1.50 bits per heavy atom. The fraction of sp³-hybridized carbons (Fsp3) is 0.700. The Hall–Kier alpha value is -0.210. The number of allylic oxidation sites excluding steroid dienone is 1. The molecule has 0 aliphatic heterocycles. The Morgan fingerprint density at radius 3 is 2.29 bits per heavy atom. The van der Waals surface area contributed by atoms with Gasteiger partial charge in [-0.25, -0.2) is 0 Å². The molecule has 1 N–H and O–H groups in total. The lowest BCUT2D eigenvalue weighted by Crippen LogP contribution is -2.30. The van der Waals surface area contributed by atoms with Crippen LogP contribution >= 0.6 is 23.2 Å². The van der Waals surface area contributed by atoms with Crippen molar-refractivity contribution in [3.63, 3.8) is 0 Å². The summed E-state index contributed by atoms with van der Waals surface area (Å²) < 4.78 is 0.193. The van der Waals surface area contributed by atoms with E-state index in [1.807, 2.05) is 20.8 Å². The number of halogens is 2. The van der Waals surface area contributed by atoms with Gasteiger partial charge in [-0.05, 0) is 18.3 Å². The van der Waals surface area contributed by atoms with Crippen LogP contribution in [0.25, 0.3) is 0 Å². The first-order valence-corrected chi connectivity index (χ1v) is 5.30. The molecule has 0 heterocycles. The lowest BCUT2D eigenvalue weighted by molar-refractivity contribution is -0.146. The van der Waals surface area contributed by atoms with E-state index >= 15 is 0 Å². The van der Waals surface area contributed by atoms with Crippen molar-refractivity contribution in [2.24, 2.45) is 11.3 Å². The standard InChI is InChI=1S/C10H16Cl2O2/c1-4-7(9(13)14)10(2,3)6-5-8(11)12/h5,7H,4,6H2,1-3H3,(H,13,14). The molecule has 0 amide bonds. The first-order valence-electron chi connectivity index (χ1n) is 4.55. The SMILES string of the molecule is CCC(C(=O)O)C(C)(C)CC=C(Cl)Cl. The predicted octanol–water partition coefficient (Wildman–Crippen LogP) is 3.83. The van der Waals surface area contributed by atoms with Gasteiger partial charge in [-0.2, -0.15) is 0 Å². The summed E-state index contributed by atoms with van der Waals surface area (Å²) in [4.78, 5) is 10.9. The van der Waals surface area contributed by atoms with Crippen LogP contribution in [0, 0.1) is 11.3 Å². The van der Waals surface area contributed by atoms with Crippen molar-refractivity contribution in [2.75, 3.05) is 0 Å². The molecule has 2 nitrogen and oxygen atoms in total. The van der Waals surface area contributed by atoms with Crippen molar-refractivity contribution >= 4 is 29.2 Å². The second-order valence-electron chi connectivity index (χ2n) is 3.99. The molecule has 14 heavy (non-hydrogen) atoms. The highest BCUT2D eigenvalue weighted by atomic mass is 35.5. The number of hydrogen-bond donors (Lipinski definition) is 1. The molecule has 0 saturated heterocycles. The Morgan fingerprint density at radius 2 is 2.00 bits per heavy atom. The van der Waals surface area contributed by atoms with Gasteiger partial charge in [-0.15, -0.1) is 0 Å². The van der Waals surface area contributed by atoms with E-state index in [2.05, 4.69) is 0 Å². The maximum atomic E-state index is 10.9. The average Bonchev–Trinajstić information content (AvgIpc) is 2.01. The molecule has 0 fully saturated rings. The van der Waals surface area contributed by atoms with E-state index < -0.39 is 5.97 Å². The van der Waals surface area contributed by atoms with Crippen LogP contribution in [0.5, 0.6) is 0 Å². The van der Waals surface area contributed by atoms with Crippen LogP contribution in [0.2, 0.25) is 0 Å². The van der Waals surface area contributed by atoms with Gasteiger partial charge >= 0.3 is 5.97 Å². The van der Waals surface area contributed by atoms with Gasteiger partial charge in [0.05, 0.1) is 5.92 Å². The Labute approximate surface area is 94.9 Å². The third-order valence-electron chi connectivity index (χ3n) is 2.43. The number of carboxylic acids is 1. The minimum Gasteiger partial charge on any atom is -0.481 e. The molecule has 0 radical (unpaired) electrons. The normalized spacial score (nSPS) is 13.5. The first kappa shape index (κ1) is 13.8. The van der Waals surface area contributed by atoms with Crippen LogP contribution in [-0.2, 0) is 4.79 Å². The van der Waals surface area contributed by atoms with Crippen molar-refractivity contribution in [1.29, 1.82) is 0 Å². The average molecular weight is 239 g/mol. The molecule has 0 saturated carbocycles. The molecule has 1 atom stereocenters. The lowest BCUT2D eigenvalue weighted by atomic mass is 9.75. The minimum absolute atomic E-state index is 0.193. The van der Waals surface area contributed by atoms with Crippen molar-refractivity contribution in [3.8, 4) is 0 Å². The van der Waals surface area contributed by atoms with E-state index in [0.29, 0.717) is 12.8 Å². The Kier molecular flexibility index (Phi) is 5.53. The van der Waals surface area contributed by atoms with Gasteiger partial charge < -0.3 is 5.11 Å². The van der Waals surface area contributed by atoms with E-state index in [4.69, 9.17) is 28.3 Å². The monoisotopic (exact) mass is 238 g/mol. The van der Waals surface area contributed by atoms with Crippen molar-refractivity contribution in [1.82, 2.24) is 0 Å². The molecular formula is C10H16Cl2O2. The van der Waals surface area contributed by atoms with E-state index in [1.165, 1.54) is 0 Å². The first-order chi connectivity index (χ1) is 6.31.